The summed E-state index contributed by atoms with van der Waals surface area (Å²) in [5.74, 6) is 0. The summed E-state index contributed by atoms with van der Waals surface area (Å²) in [6.45, 7) is 6.32. The van der Waals surface area contributed by atoms with Crippen LogP contribution in [0.15, 0.2) is 21.8 Å². The number of H-pyrrole nitrogens is 2. The van der Waals surface area contributed by atoms with Crippen LogP contribution in [0.5, 0.6) is 0 Å². The molecule has 0 atom stereocenters. The number of aromatic nitrogens is 2. The predicted octanol–water partition coefficient (Wildman–Crippen LogP) is 3.37. The Kier molecular flexibility index (Phi) is 2.94. The Balaban J connectivity index is 2.59. The van der Waals surface area contributed by atoms with Gasteiger partial charge in [0.1, 0.15) is 0 Å². The Morgan fingerprint density at radius 1 is 1.29 bits per heavy atom. The van der Waals surface area contributed by atoms with Crippen LogP contribution in [0.1, 0.15) is 26.3 Å². The Morgan fingerprint density at radius 2 is 1.94 bits per heavy atom. The van der Waals surface area contributed by atoms with Gasteiger partial charge in [0.2, 0.25) is 1.43 Å². The third-order valence-corrected chi connectivity index (χ3v) is 3.88. The predicted molar refractivity (Wildman–Crippen MR) is 73.7 cm³/mol. The van der Waals surface area contributed by atoms with Gasteiger partial charge in [0.05, 0.1) is 22.1 Å². The zero-order valence-corrected chi connectivity index (χ0v) is 11.4. The van der Waals surface area contributed by atoms with Crippen molar-refractivity contribution in [1.82, 2.24) is 9.97 Å². The van der Waals surface area contributed by atoms with E-state index in [1.807, 2.05) is 12.1 Å². The SMILES string of the molecule is [3H]OSSc1cc2[nH]c(=O)[nH]c2cc1C(C)(C)C. The van der Waals surface area contributed by atoms with Crippen LogP contribution in [0.25, 0.3) is 12.5 Å². The van der Waals surface area contributed by atoms with Crippen molar-refractivity contribution in [3.8, 4) is 0 Å². The number of benzene rings is 1. The molecular formula is C11H14N2O2S2. The van der Waals surface area contributed by atoms with Gasteiger partial charge in [0, 0.05) is 4.90 Å². The molecular weight excluding hydrogens is 256 g/mol. The number of imidazole rings is 1. The van der Waals surface area contributed by atoms with E-state index in [2.05, 4.69) is 35.3 Å². The fraction of sp³-hybridized carbons (Fsp3) is 0.364. The lowest BCUT2D eigenvalue weighted by atomic mass is 9.87. The van der Waals surface area contributed by atoms with Crippen LogP contribution in [0.3, 0.4) is 0 Å². The normalized spacial score (nSPS) is 13.0. The number of nitrogens with one attached hydrogen (secondary N) is 2. The summed E-state index contributed by atoms with van der Waals surface area (Å²) in [5, 5.41) is 0. The molecule has 17 heavy (non-hydrogen) atoms. The molecule has 0 aliphatic carbocycles. The van der Waals surface area contributed by atoms with Crippen LogP contribution in [0, 0.1) is 0 Å². The number of aromatic amines is 2. The molecule has 0 aliphatic rings. The van der Waals surface area contributed by atoms with Gasteiger partial charge in [-0.1, -0.05) is 20.8 Å². The fourth-order valence-electron chi connectivity index (χ4n) is 1.75. The van der Waals surface area contributed by atoms with Crippen molar-refractivity contribution in [2.24, 2.45) is 0 Å². The lowest BCUT2D eigenvalue weighted by Crippen LogP contribution is -2.12. The Labute approximate surface area is 108 Å². The first-order valence-corrected chi connectivity index (χ1v) is 7.22. The summed E-state index contributed by atoms with van der Waals surface area (Å²) < 4.78 is 11.0. The molecule has 2 rings (SSSR count). The third kappa shape index (κ3) is 2.53. The fourth-order valence-corrected chi connectivity index (χ4v) is 3.08. The first-order chi connectivity index (χ1) is 8.41. The summed E-state index contributed by atoms with van der Waals surface area (Å²) in [6.07, 6.45) is 0. The van der Waals surface area contributed by atoms with E-state index in [0.29, 0.717) is 0 Å². The van der Waals surface area contributed by atoms with Crippen molar-refractivity contribution in [2.75, 3.05) is 0 Å². The summed E-state index contributed by atoms with van der Waals surface area (Å²) in [4.78, 5) is 17.8. The first kappa shape index (κ1) is 11.3. The van der Waals surface area contributed by atoms with Crippen molar-refractivity contribution >= 4 is 32.9 Å². The highest BCUT2D eigenvalue weighted by molar-refractivity contribution is 8.74. The van der Waals surface area contributed by atoms with Crippen molar-refractivity contribution in [3.63, 3.8) is 0 Å². The van der Waals surface area contributed by atoms with Crippen LogP contribution < -0.4 is 5.69 Å². The maximum atomic E-state index is 11.3. The highest BCUT2D eigenvalue weighted by Gasteiger charge is 2.20. The lowest BCUT2D eigenvalue weighted by Gasteiger charge is -2.22. The van der Waals surface area contributed by atoms with E-state index in [0.717, 1.165) is 32.6 Å². The summed E-state index contributed by atoms with van der Waals surface area (Å²) in [6, 6.07) is 3.88. The summed E-state index contributed by atoms with van der Waals surface area (Å²) in [7, 11) is 1.37. The van der Waals surface area contributed by atoms with E-state index >= 15 is 0 Å². The minimum atomic E-state index is -0.212. The molecule has 1 aromatic carbocycles. The molecule has 0 spiro atoms. The molecule has 0 fully saturated rings. The highest BCUT2D eigenvalue weighted by Crippen LogP contribution is 2.38. The molecule has 0 radical (unpaired) electrons. The average molecular weight is 272 g/mol. The van der Waals surface area contributed by atoms with Gasteiger partial charge < -0.3 is 14.5 Å². The number of fused-ring (bicyclic) bond motifs is 1. The second kappa shape index (κ2) is 4.44. The Hall–Kier alpha value is -0.850. The zero-order valence-electron chi connectivity index (χ0n) is 10.8. The third-order valence-electron chi connectivity index (χ3n) is 2.55. The van der Waals surface area contributed by atoms with Crippen LogP contribution >= 0.6 is 21.9 Å². The molecule has 0 amide bonds. The van der Waals surface area contributed by atoms with E-state index in [1.165, 1.54) is 10.8 Å². The second-order valence-electron chi connectivity index (χ2n) is 4.87. The van der Waals surface area contributed by atoms with E-state index < -0.39 is 0 Å². The van der Waals surface area contributed by atoms with Crippen LogP contribution in [0.4, 0.5) is 0 Å². The molecule has 0 saturated heterocycles. The maximum absolute atomic E-state index is 11.3. The topological polar surface area (TPSA) is 68.9 Å². The first-order valence-electron chi connectivity index (χ1n) is 5.55. The smallest absolute Gasteiger partial charge is 0.320 e. The molecule has 1 aromatic heterocycles. The molecule has 0 bridgehead atoms. The van der Waals surface area contributed by atoms with E-state index in [1.54, 1.807) is 0 Å². The Bertz CT molecular complexity index is 616. The summed E-state index contributed by atoms with van der Waals surface area (Å²) in [5.41, 5.74) is 2.41. The maximum Gasteiger partial charge on any atom is 0.323 e. The summed E-state index contributed by atoms with van der Waals surface area (Å²) >= 11 is 0.988. The molecule has 4 nitrogen and oxygen atoms in total. The van der Waals surface area contributed by atoms with Crippen molar-refractivity contribution in [1.29, 1.82) is 1.43 Å². The van der Waals surface area contributed by atoms with Gasteiger partial charge in [-0.2, -0.15) is 0 Å². The van der Waals surface area contributed by atoms with Gasteiger partial charge in [-0.25, -0.2) is 4.79 Å². The van der Waals surface area contributed by atoms with Gasteiger partial charge in [0.15, 0.2) is 0 Å². The molecule has 1 heterocycles. The van der Waals surface area contributed by atoms with Gasteiger partial charge >= 0.3 is 5.69 Å². The van der Waals surface area contributed by atoms with Crippen LogP contribution in [-0.4, -0.2) is 14.5 Å². The van der Waals surface area contributed by atoms with Gasteiger partial charge in [0.25, 0.3) is 0 Å². The number of hydrogen-bond donors (Lipinski definition) is 3. The van der Waals surface area contributed by atoms with Crippen molar-refractivity contribution < 1.29 is 4.56 Å². The second-order valence-corrected chi connectivity index (χ2v) is 6.53. The average Bonchev–Trinajstić information content (AvgIpc) is 2.62. The zero-order chi connectivity index (χ0) is 13.3. The quantitative estimate of drug-likeness (QED) is 0.592. The number of hydrogen-bond acceptors (Lipinski definition) is 4. The number of rotatable bonds is 3. The largest absolute Gasteiger partial charge is 0.323 e. The molecule has 92 valence electrons. The molecule has 2 aromatic rings. The van der Waals surface area contributed by atoms with E-state index in [-0.39, 0.29) is 11.1 Å². The van der Waals surface area contributed by atoms with E-state index in [4.69, 9.17) is 1.43 Å². The van der Waals surface area contributed by atoms with Gasteiger partial charge in [-0.05, 0) is 33.9 Å². The van der Waals surface area contributed by atoms with Crippen molar-refractivity contribution in [2.45, 2.75) is 31.1 Å². The standard InChI is InChI=1S/C11H14N2O2S2/c1-11(2,3)6-4-7-8(13-10(14)12-7)5-9(6)16-17-15/h4-5,15H,1-3H3,(H2,12,13,14)/i/hT. The van der Waals surface area contributed by atoms with Crippen LogP contribution in [0.2, 0.25) is 0 Å². The van der Waals surface area contributed by atoms with Gasteiger partial charge in [-0.15, -0.1) is 0 Å². The minimum Gasteiger partial charge on any atom is -0.320 e. The van der Waals surface area contributed by atoms with E-state index in [9.17, 15) is 4.79 Å². The molecule has 0 aliphatic heterocycles. The molecule has 3 N–H and O–H groups in total. The molecule has 6 heteroatoms. The minimum absolute atomic E-state index is 0.0483. The molecule has 0 unspecified atom stereocenters. The van der Waals surface area contributed by atoms with Crippen LogP contribution in [-0.2, 0) is 5.41 Å². The van der Waals surface area contributed by atoms with Gasteiger partial charge in [-0.3, -0.25) is 0 Å². The van der Waals surface area contributed by atoms with Crippen molar-refractivity contribution in [3.05, 3.63) is 28.2 Å². The Morgan fingerprint density at radius 3 is 2.53 bits per heavy atom. The monoisotopic (exact) mass is 272 g/mol. The highest BCUT2D eigenvalue weighted by atomic mass is 33.1. The molecule has 0 saturated carbocycles. The lowest BCUT2D eigenvalue weighted by molar-refractivity contribution is 0.579.